The fourth-order valence-electron chi connectivity index (χ4n) is 1.69. The Morgan fingerprint density at radius 2 is 2.16 bits per heavy atom. The van der Waals surface area contributed by atoms with E-state index in [0.29, 0.717) is 33.7 Å². The Hall–Kier alpha value is -2.34. The lowest BCUT2D eigenvalue weighted by molar-refractivity contribution is 0.432. The average molecular weight is 276 g/mol. The summed E-state index contributed by atoms with van der Waals surface area (Å²) in [4.78, 5) is 4.27. The van der Waals surface area contributed by atoms with Gasteiger partial charge in [-0.15, -0.1) is 0 Å². The summed E-state index contributed by atoms with van der Waals surface area (Å²) < 4.78 is 6.87. The molecule has 0 aliphatic heterocycles. The molecule has 2 N–H and O–H groups in total. The number of anilines is 1. The predicted molar refractivity (Wildman–Crippen MR) is 71.4 cm³/mol. The van der Waals surface area contributed by atoms with Gasteiger partial charge in [-0.3, -0.25) is 4.68 Å². The number of aromatic nitrogens is 4. The van der Waals surface area contributed by atoms with E-state index in [4.69, 9.17) is 21.9 Å². The van der Waals surface area contributed by atoms with E-state index in [0.717, 1.165) is 0 Å². The van der Waals surface area contributed by atoms with Gasteiger partial charge in [0.1, 0.15) is 5.69 Å². The highest BCUT2D eigenvalue weighted by molar-refractivity contribution is 6.33. The van der Waals surface area contributed by atoms with Crippen molar-refractivity contribution >= 4 is 17.3 Å². The van der Waals surface area contributed by atoms with Crippen LogP contribution in [0.2, 0.25) is 5.02 Å². The molecule has 19 heavy (non-hydrogen) atoms. The molecule has 0 aliphatic carbocycles. The number of hydrogen-bond donors (Lipinski definition) is 1. The summed E-state index contributed by atoms with van der Waals surface area (Å²) >= 11 is 5.96. The normalized spacial score (nSPS) is 10.8. The highest BCUT2D eigenvalue weighted by Gasteiger charge is 2.15. The first kappa shape index (κ1) is 11.7. The molecule has 3 aromatic rings. The molecule has 96 valence electrons. The molecule has 6 nitrogen and oxygen atoms in total. The van der Waals surface area contributed by atoms with Crippen molar-refractivity contribution in [1.29, 1.82) is 0 Å². The van der Waals surface area contributed by atoms with Crippen LogP contribution in [-0.2, 0) is 7.05 Å². The molecule has 0 radical (unpaired) electrons. The molecule has 0 saturated carbocycles. The number of benzene rings is 1. The van der Waals surface area contributed by atoms with Gasteiger partial charge in [-0.2, -0.15) is 10.1 Å². The van der Waals surface area contributed by atoms with Crippen molar-refractivity contribution in [2.75, 3.05) is 5.73 Å². The van der Waals surface area contributed by atoms with E-state index in [9.17, 15) is 0 Å². The van der Waals surface area contributed by atoms with Crippen molar-refractivity contribution in [2.24, 2.45) is 7.05 Å². The minimum atomic E-state index is 0.320. The second kappa shape index (κ2) is 4.40. The molecular formula is C12H10ClN5O. The van der Waals surface area contributed by atoms with Gasteiger partial charge in [-0.05, 0) is 18.2 Å². The standard InChI is InChI=1S/C12H10ClN5O/c1-18-6-5-9(16-18)11-15-12(19-17-11)7-3-2-4-8(13)10(7)14/h2-6H,14H2,1H3. The van der Waals surface area contributed by atoms with E-state index in [2.05, 4.69) is 15.2 Å². The number of aryl methyl sites for hydroxylation is 1. The van der Waals surface area contributed by atoms with Crippen LogP contribution in [0.5, 0.6) is 0 Å². The van der Waals surface area contributed by atoms with Gasteiger partial charge in [0.05, 0.1) is 16.3 Å². The second-order valence-electron chi connectivity index (χ2n) is 4.00. The van der Waals surface area contributed by atoms with E-state index in [-0.39, 0.29) is 0 Å². The fraction of sp³-hybridized carbons (Fsp3) is 0.0833. The van der Waals surface area contributed by atoms with Gasteiger partial charge >= 0.3 is 0 Å². The molecule has 7 heteroatoms. The molecule has 0 bridgehead atoms. The van der Waals surface area contributed by atoms with Crippen LogP contribution in [0.3, 0.4) is 0 Å². The van der Waals surface area contributed by atoms with Gasteiger partial charge in [-0.25, -0.2) is 0 Å². The zero-order valence-corrected chi connectivity index (χ0v) is 10.8. The van der Waals surface area contributed by atoms with Crippen molar-refractivity contribution in [3.8, 4) is 23.0 Å². The monoisotopic (exact) mass is 275 g/mol. The summed E-state index contributed by atoms with van der Waals surface area (Å²) in [6.45, 7) is 0. The quantitative estimate of drug-likeness (QED) is 0.726. The molecule has 0 amide bonds. The molecule has 0 aliphatic rings. The maximum absolute atomic E-state index is 5.96. The molecule has 0 fully saturated rings. The lowest BCUT2D eigenvalue weighted by Crippen LogP contribution is -1.91. The number of nitrogen functional groups attached to an aromatic ring is 1. The first-order valence-electron chi connectivity index (χ1n) is 5.53. The van der Waals surface area contributed by atoms with Crippen LogP contribution >= 0.6 is 11.6 Å². The summed E-state index contributed by atoms with van der Waals surface area (Å²) in [5.74, 6) is 0.732. The van der Waals surface area contributed by atoms with E-state index < -0.39 is 0 Å². The van der Waals surface area contributed by atoms with Gasteiger partial charge in [0.2, 0.25) is 5.82 Å². The number of nitrogens with zero attached hydrogens (tertiary/aromatic N) is 4. The fourth-order valence-corrected chi connectivity index (χ4v) is 1.87. The van der Waals surface area contributed by atoms with Crippen molar-refractivity contribution in [3.05, 3.63) is 35.5 Å². The zero-order valence-electron chi connectivity index (χ0n) is 10.0. The van der Waals surface area contributed by atoms with Gasteiger partial charge < -0.3 is 10.3 Å². The number of para-hydroxylation sites is 1. The summed E-state index contributed by atoms with van der Waals surface area (Å²) in [5.41, 5.74) is 7.55. The van der Waals surface area contributed by atoms with Gasteiger partial charge in [0.25, 0.3) is 5.89 Å². The topological polar surface area (TPSA) is 82.8 Å². The van der Waals surface area contributed by atoms with Crippen LogP contribution in [0.15, 0.2) is 35.0 Å². The smallest absolute Gasteiger partial charge is 0.260 e. The third-order valence-corrected chi connectivity index (χ3v) is 2.98. The first-order valence-corrected chi connectivity index (χ1v) is 5.91. The van der Waals surface area contributed by atoms with E-state index >= 15 is 0 Å². The van der Waals surface area contributed by atoms with E-state index in [1.54, 1.807) is 35.1 Å². The lowest BCUT2D eigenvalue weighted by atomic mass is 10.2. The van der Waals surface area contributed by atoms with Crippen LogP contribution < -0.4 is 5.73 Å². The van der Waals surface area contributed by atoms with Gasteiger partial charge in [0.15, 0.2) is 0 Å². The van der Waals surface area contributed by atoms with Crippen molar-refractivity contribution in [2.45, 2.75) is 0 Å². The lowest BCUT2D eigenvalue weighted by Gasteiger charge is -2.01. The number of rotatable bonds is 2. The molecule has 2 heterocycles. The average Bonchev–Trinajstić information content (AvgIpc) is 3.01. The predicted octanol–water partition coefficient (Wildman–Crippen LogP) is 2.37. The Morgan fingerprint density at radius 3 is 2.89 bits per heavy atom. The highest BCUT2D eigenvalue weighted by atomic mass is 35.5. The van der Waals surface area contributed by atoms with Crippen molar-refractivity contribution in [1.82, 2.24) is 19.9 Å². The SMILES string of the molecule is Cn1ccc(-c2noc(-c3cccc(Cl)c3N)n2)n1. The Morgan fingerprint density at radius 1 is 1.32 bits per heavy atom. The van der Waals surface area contributed by atoms with Crippen LogP contribution in [0.25, 0.3) is 23.0 Å². The maximum Gasteiger partial charge on any atom is 0.260 e. The molecule has 1 aromatic carbocycles. The summed E-state index contributed by atoms with van der Waals surface area (Å²) in [6, 6.07) is 7.06. The zero-order chi connectivity index (χ0) is 13.4. The molecular weight excluding hydrogens is 266 g/mol. The van der Waals surface area contributed by atoms with E-state index in [1.807, 2.05) is 7.05 Å². The van der Waals surface area contributed by atoms with Crippen LogP contribution in [0, 0.1) is 0 Å². The van der Waals surface area contributed by atoms with Gasteiger partial charge in [0, 0.05) is 13.2 Å². The molecule has 0 saturated heterocycles. The molecule has 0 unspecified atom stereocenters. The molecule has 0 atom stereocenters. The van der Waals surface area contributed by atoms with Crippen LogP contribution in [-0.4, -0.2) is 19.9 Å². The Labute approximate surface area is 113 Å². The van der Waals surface area contributed by atoms with Gasteiger partial charge in [-0.1, -0.05) is 22.8 Å². The summed E-state index contributed by atoms with van der Waals surface area (Å²) in [7, 11) is 1.82. The molecule has 0 spiro atoms. The number of halogens is 1. The number of nitrogens with two attached hydrogens (primary N) is 1. The molecule has 2 aromatic heterocycles. The minimum absolute atomic E-state index is 0.320. The first-order chi connectivity index (χ1) is 9.15. The number of hydrogen-bond acceptors (Lipinski definition) is 5. The van der Waals surface area contributed by atoms with Crippen molar-refractivity contribution in [3.63, 3.8) is 0 Å². The minimum Gasteiger partial charge on any atom is -0.397 e. The Kier molecular flexibility index (Phi) is 2.72. The molecule has 3 rings (SSSR count). The Balaban J connectivity index is 2.04. The van der Waals surface area contributed by atoms with Crippen LogP contribution in [0.1, 0.15) is 0 Å². The maximum atomic E-state index is 5.96. The third-order valence-electron chi connectivity index (χ3n) is 2.65. The van der Waals surface area contributed by atoms with Crippen LogP contribution in [0.4, 0.5) is 5.69 Å². The summed E-state index contributed by atoms with van der Waals surface area (Å²) in [5, 5.41) is 8.54. The third kappa shape index (κ3) is 2.06. The largest absolute Gasteiger partial charge is 0.397 e. The van der Waals surface area contributed by atoms with E-state index in [1.165, 1.54) is 0 Å². The highest BCUT2D eigenvalue weighted by Crippen LogP contribution is 2.31. The van der Waals surface area contributed by atoms with Crippen molar-refractivity contribution < 1.29 is 4.52 Å². The summed E-state index contributed by atoms with van der Waals surface area (Å²) in [6.07, 6.45) is 1.80. The second-order valence-corrected chi connectivity index (χ2v) is 4.41. The Bertz CT molecular complexity index is 733.